The number of piperidine rings is 1. The van der Waals surface area contributed by atoms with Crippen LogP contribution in [0.2, 0.25) is 10.0 Å². The molecule has 34 heavy (non-hydrogen) atoms. The molecule has 180 valence electrons. The van der Waals surface area contributed by atoms with Crippen molar-refractivity contribution < 1.29 is 13.9 Å². The van der Waals surface area contributed by atoms with E-state index >= 15 is 0 Å². The zero-order valence-corrected chi connectivity index (χ0v) is 20.4. The van der Waals surface area contributed by atoms with Crippen LogP contribution in [0.4, 0.5) is 10.3 Å². The van der Waals surface area contributed by atoms with E-state index < -0.39 is 0 Å². The highest BCUT2D eigenvalue weighted by atomic mass is 35.5. The van der Waals surface area contributed by atoms with Gasteiger partial charge in [-0.2, -0.15) is 0 Å². The summed E-state index contributed by atoms with van der Waals surface area (Å²) in [5, 5.41) is 3.92. The van der Waals surface area contributed by atoms with Crippen LogP contribution in [0.1, 0.15) is 25.0 Å². The van der Waals surface area contributed by atoms with Gasteiger partial charge in [-0.3, -0.25) is 9.36 Å². The molecule has 2 aliphatic rings. The summed E-state index contributed by atoms with van der Waals surface area (Å²) in [7, 11) is 0. The number of halogens is 3. The molecule has 1 N–H and O–H groups in total. The lowest BCUT2D eigenvalue weighted by Gasteiger charge is -2.32. The standard InChI is InChI=1S/C24H26Cl2FN5O2/c1-14-19(27)2-3-22(29-14)32-21-11-18(26)17(25)10-20(21)30-24(32)31-7-4-16(5-8-31)23(33)28-12-15-6-9-34-13-15/h2-3,10-11,15-16H,4-9,12-13H2,1H3,(H,28,33). The van der Waals surface area contributed by atoms with Crippen molar-refractivity contribution in [3.63, 3.8) is 0 Å². The Morgan fingerprint density at radius 1 is 1.18 bits per heavy atom. The van der Waals surface area contributed by atoms with Crippen LogP contribution in [0.3, 0.4) is 0 Å². The van der Waals surface area contributed by atoms with Crippen molar-refractivity contribution in [2.45, 2.75) is 26.2 Å². The van der Waals surface area contributed by atoms with Crippen LogP contribution >= 0.6 is 23.2 Å². The zero-order valence-electron chi connectivity index (χ0n) is 18.9. The normalized spacial score (nSPS) is 19.2. The van der Waals surface area contributed by atoms with Crippen LogP contribution in [-0.4, -0.2) is 53.3 Å². The minimum Gasteiger partial charge on any atom is -0.381 e. The first-order valence-electron chi connectivity index (χ1n) is 11.5. The summed E-state index contributed by atoms with van der Waals surface area (Å²) in [6.07, 6.45) is 2.43. The number of pyridine rings is 1. The number of carbonyl (C=O) groups is 1. The molecule has 0 spiro atoms. The highest BCUT2D eigenvalue weighted by Crippen LogP contribution is 2.34. The molecule has 2 aliphatic heterocycles. The molecule has 0 bridgehead atoms. The molecule has 2 fully saturated rings. The number of imidazole rings is 1. The fraction of sp³-hybridized carbons (Fsp3) is 0.458. The van der Waals surface area contributed by atoms with Gasteiger partial charge in [0, 0.05) is 38.1 Å². The number of carbonyl (C=O) groups excluding carboxylic acids is 1. The van der Waals surface area contributed by atoms with Crippen LogP contribution in [0.5, 0.6) is 0 Å². The number of ether oxygens (including phenoxy) is 1. The molecule has 4 heterocycles. The first kappa shape index (κ1) is 23.3. The van der Waals surface area contributed by atoms with E-state index in [1.54, 1.807) is 25.1 Å². The van der Waals surface area contributed by atoms with Gasteiger partial charge in [0.25, 0.3) is 0 Å². The monoisotopic (exact) mass is 505 g/mol. The lowest BCUT2D eigenvalue weighted by molar-refractivity contribution is -0.125. The number of hydrogen-bond acceptors (Lipinski definition) is 5. The van der Waals surface area contributed by atoms with Crippen molar-refractivity contribution in [2.24, 2.45) is 11.8 Å². The average molecular weight is 506 g/mol. The van der Waals surface area contributed by atoms with Crippen LogP contribution < -0.4 is 10.2 Å². The third-order valence-corrected chi connectivity index (χ3v) is 7.37. The van der Waals surface area contributed by atoms with E-state index in [0.29, 0.717) is 71.4 Å². The van der Waals surface area contributed by atoms with E-state index in [1.807, 2.05) is 4.57 Å². The van der Waals surface area contributed by atoms with Gasteiger partial charge in [-0.05, 0) is 50.5 Å². The maximum Gasteiger partial charge on any atom is 0.223 e. The second-order valence-electron chi connectivity index (χ2n) is 8.98. The second kappa shape index (κ2) is 9.68. The van der Waals surface area contributed by atoms with E-state index in [1.165, 1.54) is 6.07 Å². The molecule has 1 aromatic carbocycles. The summed E-state index contributed by atoms with van der Waals surface area (Å²) < 4.78 is 21.2. The molecule has 1 amide bonds. The molecule has 5 rings (SSSR count). The minimum atomic E-state index is -0.369. The summed E-state index contributed by atoms with van der Waals surface area (Å²) in [6, 6.07) is 6.50. The van der Waals surface area contributed by atoms with Crippen LogP contribution in [0.15, 0.2) is 24.3 Å². The van der Waals surface area contributed by atoms with Gasteiger partial charge in [0.15, 0.2) is 0 Å². The van der Waals surface area contributed by atoms with Crippen molar-refractivity contribution in [1.82, 2.24) is 19.9 Å². The first-order valence-corrected chi connectivity index (χ1v) is 12.3. The summed E-state index contributed by atoms with van der Waals surface area (Å²) in [4.78, 5) is 24.1. The van der Waals surface area contributed by atoms with Gasteiger partial charge in [-0.25, -0.2) is 14.4 Å². The molecular formula is C24H26Cl2FN5O2. The van der Waals surface area contributed by atoms with Crippen molar-refractivity contribution in [3.05, 3.63) is 45.8 Å². The third kappa shape index (κ3) is 4.59. The number of aromatic nitrogens is 3. The van der Waals surface area contributed by atoms with Gasteiger partial charge in [0.1, 0.15) is 11.6 Å². The van der Waals surface area contributed by atoms with Crippen LogP contribution in [-0.2, 0) is 9.53 Å². The fourth-order valence-corrected chi connectivity index (χ4v) is 4.94. The number of hydrogen-bond donors (Lipinski definition) is 1. The number of nitrogens with zero attached hydrogens (tertiary/aromatic N) is 4. The van der Waals surface area contributed by atoms with Crippen molar-refractivity contribution in [3.8, 4) is 5.82 Å². The molecule has 0 aliphatic carbocycles. The Balaban J connectivity index is 1.39. The van der Waals surface area contributed by atoms with Crippen molar-refractivity contribution >= 4 is 46.1 Å². The largest absolute Gasteiger partial charge is 0.381 e. The average Bonchev–Trinajstić information content (AvgIpc) is 3.48. The van der Waals surface area contributed by atoms with Gasteiger partial charge in [-0.1, -0.05) is 23.2 Å². The topological polar surface area (TPSA) is 72.3 Å². The number of anilines is 1. The quantitative estimate of drug-likeness (QED) is 0.550. The molecule has 10 heteroatoms. The van der Waals surface area contributed by atoms with Crippen LogP contribution in [0, 0.1) is 24.6 Å². The number of amides is 1. The first-order chi connectivity index (χ1) is 16.4. The van der Waals surface area contributed by atoms with Gasteiger partial charge in [-0.15, -0.1) is 0 Å². The number of fused-ring (bicyclic) bond motifs is 1. The third-order valence-electron chi connectivity index (χ3n) is 6.65. The fourth-order valence-electron chi connectivity index (χ4n) is 4.63. The smallest absolute Gasteiger partial charge is 0.223 e. The molecule has 1 atom stereocenters. The Morgan fingerprint density at radius 3 is 2.65 bits per heavy atom. The maximum absolute atomic E-state index is 13.9. The number of aryl methyl sites for hydroxylation is 1. The maximum atomic E-state index is 13.9. The molecule has 0 saturated carbocycles. The molecule has 7 nitrogen and oxygen atoms in total. The summed E-state index contributed by atoms with van der Waals surface area (Å²) in [6.45, 7) is 5.12. The lowest BCUT2D eigenvalue weighted by atomic mass is 9.96. The Kier molecular flexibility index (Phi) is 6.64. The van der Waals surface area contributed by atoms with E-state index in [0.717, 1.165) is 25.2 Å². The summed E-state index contributed by atoms with van der Waals surface area (Å²) >= 11 is 12.6. The number of nitrogens with one attached hydrogen (secondary N) is 1. The predicted molar refractivity (Wildman–Crippen MR) is 130 cm³/mol. The molecule has 2 aromatic heterocycles. The second-order valence-corrected chi connectivity index (χ2v) is 9.79. The van der Waals surface area contributed by atoms with Crippen molar-refractivity contribution in [1.29, 1.82) is 0 Å². The van der Waals surface area contributed by atoms with Gasteiger partial charge in [0.2, 0.25) is 11.9 Å². The predicted octanol–water partition coefficient (Wildman–Crippen LogP) is 4.54. The lowest BCUT2D eigenvalue weighted by Crippen LogP contribution is -2.42. The van der Waals surface area contributed by atoms with E-state index in [2.05, 4.69) is 15.2 Å². The molecule has 3 aromatic rings. The van der Waals surface area contributed by atoms with E-state index in [9.17, 15) is 9.18 Å². The van der Waals surface area contributed by atoms with Gasteiger partial charge >= 0.3 is 0 Å². The molecule has 1 unspecified atom stereocenters. The molecule has 2 saturated heterocycles. The Morgan fingerprint density at radius 2 is 1.94 bits per heavy atom. The summed E-state index contributed by atoms with van der Waals surface area (Å²) in [5.74, 6) is 1.34. The Labute approximate surface area is 207 Å². The van der Waals surface area contributed by atoms with E-state index in [4.69, 9.17) is 32.9 Å². The number of rotatable bonds is 5. The summed E-state index contributed by atoms with van der Waals surface area (Å²) in [5.41, 5.74) is 1.71. The molecule has 0 radical (unpaired) electrons. The molecular weight excluding hydrogens is 480 g/mol. The SMILES string of the molecule is Cc1nc(-n2c(N3CCC(C(=O)NCC4CCOC4)CC3)nc3cc(Cl)c(Cl)cc32)ccc1F. The van der Waals surface area contributed by atoms with Crippen LogP contribution in [0.25, 0.3) is 16.9 Å². The zero-order chi connectivity index (χ0) is 23.8. The highest BCUT2D eigenvalue weighted by molar-refractivity contribution is 6.42. The van der Waals surface area contributed by atoms with Crippen molar-refractivity contribution in [2.75, 3.05) is 37.7 Å². The van der Waals surface area contributed by atoms with Gasteiger partial charge in [0.05, 0.1) is 33.4 Å². The Bertz CT molecular complexity index is 1220. The Hall–Kier alpha value is -2.42. The highest BCUT2D eigenvalue weighted by Gasteiger charge is 2.29. The van der Waals surface area contributed by atoms with Gasteiger partial charge < -0.3 is 15.0 Å². The minimum absolute atomic E-state index is 0.0357. The van der Waals surface area contributed by atoms with E-state index in [-0.39, 0.29) is 17.6 Å². The number of benzene rings is 1.